The van der Waals surface area contributed by atoms with Crippen LogP contribution in [-0.4, -0.2) is 27.8 Å². The summed E-state index contributed by atoms with van der Waals surface area (Å²) >= 11 is 1.32. The molecular weight excluding hydrogens is 328 g/mol. The number of Topliss-reactive ketones (excluding diaryl/α,β-unsaturated/α-hetero) is 1. The van der Waals surface area contributed by atoms with Gasteiger partial charge in [-0.25, -0.2) is 4.98 Å². The lowest BCUT2D eigenvalue weighted by Gasteiger charge is -2.23. The number of allylic oxidation sites excluding steroid dienone is 2. The molecule has 6 nitrogen and oxygen atoms in total. The van der Waals surface area contributed by atoms with Crippen molar-refractivity contribution in [3.8, 4) is 0 Å². The van der Waals surface area contributed by atoms with E-state index in [1.165, 1.54) is 18.3 Å². The molecule has 3 aliphatic rings. The lowest BCUT2D eigenvalue weighted by Crippen LogP contribution is -2.39. The summed E-state index contributed by atoms with van der Waals surface area (Å²) in [4.78, 5) is 39.8. The van der Waals surface area contributed by atoms with Gasteiger partial charge in [-0.1, -0.05) is 12.2 Å². The summed E-state index contributed by atoms with van der Waals surface area (Å²) in [6.45, 7) is 1.68. The van der Waals surface area contributed by atoms with E-state index in [0.717, 1.165) is 12.8 Å². The molecule has 0 radical (unpaired) electrons. The highest BCUT2D eigenvalue weighted by Gasteiger charge is 2.70. The molecule has 0 aliphatic heterocycles. The zero-order valence-electron chi connectivity index (χ0n) is 13.2. The van der Waals surface area contributed by atoms with Crippen molar-refractivity contribution < 1.29 is 19.5 Å². The van der Waals surface area contributed by atoms with Gasteiger partial charge in [-0.05, 0) is 30.1 Å². The number of amides is 1. The van der Waals surface area contributed by atoms with Gasteiger partial charge in [-0.2, -0.15) is 0 Å². The number of carbonyl (C=O) groups excluding carboxylic acids is 2. The summed E-state index contributed by atoms with van der Waals surface area (Å²) < 4.78 is 0. The van der Waals surface area contributed by atoms with Gasteiger partial charge in [0, 0.05) is 12.3 Å². The second kappa shape index (κ2) is 5.24. The molecule has 1 spiro atoms. The lowest BCUT2D eigenvalue weighted by molar-refractivity contribution is -0.147. The predicted octanol–water partition coefficient (Wildman–Crippen LogP) is 1.87. The Labute approximate surface area is 143 Å². The maximum absolute atomic E-state index is 12.7. The fourth-order valence-corrected chi connectivity index (χ4v) is 5.30. The predicted molar refractivity (Wildman–Crippen MR) is 86.4 cm³/mol. The molecule has 2 saturated carbocycles. The van der Waals surface area contributed by atoms with Crippen LogP contribution in [-0.2, 0) is 16.1 Å². The third kappa shape index (κ3) is 2.14. The maximum atomic E-state index is 12.7. The number of nitrogens with zero attached hydrogens (tertiary/aromatic N) is 1. The molecule has 0 saturated heterocycles. The van der Waals surface area contributed by atoms with E-state index in [1.54, 1.807) is 5.38 Å². The Bertz CT molecular complexity index is 764. The van der Waals surface area contributed by atoms with Gasteiger partial charge in [0.1, 0.15) is 10.7 Å². The highest BCUT2D eigenvalue weighted by molar-refractivity contribution is 7.09. The van der Waals surface area contributed by atoms with E-state index in [2.05, 4.69) is 10.3 Å². The summed E-state index contributed by atoms with van der Waals surface area (Å²) in [7, 11) is 0. The number of carbonyl (C=O) groups is 3. The second-order valence-electron chi connectivity index (χ2n) is 6.96. The van der Waals surface area contributed by atoms with Crippen LogP contribution in [0, 0.1) is 29.1 Å². The van der Waals surface area contributed by atoms with Gasteiger partial charge in [0.25, 0.3) is 0 Å². The third-order valence-electron chi connectivity index (χ3n) is 5.76. The molecule has 1 aromatic rings. The average molecular weight is 346 g/mol. The molecule has 2 bridgehead atoms. The topological polar surface area (TPSA) is 96.4 Å². The van der Waals surface area contributed by atoms with Crippen LogP contribution in [0.4, 0.5) is 0 Å². The van der Waals surface area contributed by atoms with Crippen molar-refractivity contribution in [2.45, 2.75) is 26.3 Å². The lowest BCUT2D eigenvalue weighted by atomic mass is 9.82. The van der Waals surface area contributed by atoms with Crippen molar-refractivity contribution in [1.29, 1.82) is 0 Å². The zero-order valence-corrected chi connectivity index (χ0v) is 14.0. The number of hydrogen-bond donors (Lipinski definition) is 2. The number of ketones is 1. The Balaban J connectivity index is 1.48. The number of carboxylic acid groups (broad SMARTS) is 1. The minimum absolute atomic E-state index is 0.0140. The summed E-state index contributed by atoms with van der Waals surface area (Å²) in [5, 5.41) is 14.8. The smallest absolute Gasteiger partial charge is 0.307 e. The van der Waals surface area contributed by atoms with Crippen LogP contribution >= 0.6 is 11.3 Å². The number of nitrogens with one attached hydrogen (secondary N) is 1. The van der Waals surface area contributed by atoms with E-state index >= 15 is 0 Å². The number of aromatic nitrogens is 1. The van der Waals surface area contributed by atoms with Crippen LogP contribution in [0.25, 0.3) is 0 Å². The van der Waals surface area contributed by atoms with Crippen LogP contribution in [0.5, 0.6) is 0 Å². The van der Waals surface area contributed by atoms with E-state index in [9.17, 15) is 19.5 Å². The van der Waals surface area contributed by atoms with E-state index in [0.29, 0.717) is 10.7 Å². The highest BCUT2D eigenvalue weighted by atomic mass is 32.1. The van der Waals surface area contributed by atoms with Gasteiger partial charge in [0.05, 0.1) is 18.4 Å². The SMILES string of the molecule is CC(=O)c1csc(CNC(=O)[C@H]2[C@H](C(=O)O)[C@H]3C=C[C@@H]2C32CC2)n1. The fourth-order valence-electron chi connectivity index (χ4n) is 4.53. The van der Waals surface area contributed by atoms with Gasteiger partial charge >= 0.3 is 5.97 Å². The first-order valence-corrected chi connectivity index (χ1v) is 8.96. The summed E-state index contributed by atoms with van der Waals surface area (Å²) in [6, 6.07) is 0. The van der Waals surface area contributed by atoms with Crippen molar-refractivity contribution in [3.63, 3.8) is 0 Å². The molecule has 2 fully saturated rings. The van der Waals surface area contributed by atoms with Crippen LogP contribution in [0.1, 0.15) is 35.3 Å². The van der Waals surface area contributed by atoms with E-state index < -0.39 is 17.8 Å². The first-order valence-electron chi connectivity index (χ1n) is 8.08. The first-order chi connectivity index (χ1) is 11.4. The Hall–Kier alpha value is -2.02. The van der Waals surface area contributed by atoms with Crippen LogP contribution < -0.4 is 5.32 Å². The van der Waals surface area contributed by atoms with Gasteiger partial charge in [0.15, 0.2) is 5.78 Å². The minimum atomic E-state index is -0.883. The summed E-state index contributed by atoms with van der Waals surface area (Å²) in [6.07, 6.45) is 6.06. The quantitative estimate of drug-likeness (QED) is 0.627. The highest BCUT2D eigenvalue weighted by Crippen LogP contribution is 2.71. The number of carboxylic acids is 1. The molecule has 4 rings (SSSR count). The Morgan fingerprint density at radius 1 is 1.29 bits per heavy atom. The molecule has 2 N–H and O–H groups in total. The Kier molecular flexibility index (Phi) is 3.38. The monoisotopic (exact) mass is 346 g/mol. The number of aliphatic carboxylic acids is 1. The normalized spacial score (nSPS) is 31.4. The average Bonchev–Trinajstić information content (AvgIpc) is 2.95. The molecule has 1 heterocycles. The van der Waals surface area contributed by atoms with E-state index in [4.69, 9.17) is 0 Å². The van der Waals surface area contributed by atoms with Crippen molar-refractivity contribution in [3.05, 3.63) is 28.2 Å². The molecule has 1 aromatic heterocycles. The number of rotatable bonds is 5. The van der Waals surface area contributed by atoms with Crippen molar-refractivity contribution in [2.24, 2.45) is 29.1 Å². The van der Waals surface area contributed by atoms with Crippen LogP contribution in [0.2, 0.25) is 0 Å². The molecule has 7 heteroatoms. The molecule has 3 aliphatic carbocycles. The molecule has 1 amide bonds. The summed E-state index contributed by atoms with van der Waals surface area (Å²) in [5.74, 6) is -2.33. The van der Waals surface area contributed by atoms with E-state index in [1.807, 2.05) is 12.2 Å². The van der Waals surface area contributed by atoms with Gasteiger partial charge in [0.2, 0.25) is 5.91 Å². The van der Waals surface area contributed by atoms with E-state index in [-0.39, 0.29) is 35.5 Å². The molecular formula is C17H18N2O4S. The molecule has 0 unspecified atom stereocenters. The largest absolute Gasteiger partial charge is 0.481 e. The van der Waals surface area contributed by atoms with Crippen molar-refractivity contribution in [2.75, 3.05) is 0 Å². The van der Waals surface area contributed by atoms with Crippen molar-refractivity contribution in [1.82, 2.24) is 10.3 Å². The molecule has 4 atom stereocenters. The zero-order chi connectivity index (χ0) is 17.1. The third-order valence-corrected chi connectivity index (χ3v) is 6.60. The number of hydrogen-bond acceptors (Lipinski definition) is 5. The van der Waals surface area contributed by atoms with Gasteiger partial charge < -0.3 is 10.4 Å². The Morgan fingerprint density at radius 2 is 1.96 bits per heavy atom. The van der Waals surface area contributed by atoms with Crippen LogP contribution in [0.15, 0.2) is 17.5 Å². The molecule has 0 aromatic carbocycles. The Morgan fingerprint density at radius 3 is 2.50 bits per heavy atom. The molecule has 24 heavy (non-hydrogen) atoms. The summed E-state index contributed by atoms with van der Waals surface area (Å²) in [5.41, 5.74) is 0.418. The minimum Gasteiger partial charge on any atom is -0.481 e. The fraction of sp³-hybridized carbons (Fsp3) is 0.529. The van der Waals surface area contributed by atoms with Gasteiger partial charge in [-0.3, -0.25) is 14.4 Å². The second-order valence-corrected chi connectivity index (χ2v) is 7.90. The maximum Gasteiger partial charge on any atom is 0.307 e. The standard InChI is InChI=1S/C17H18N2O4S/c1-8(20)11-7-24-12(19-11)6-18-15(21)13-9-2-3-10(14(13)16(22)23)17(9)4-5-17/h2-3,7,9-10,13-14H,4-6H2,1H3,(H,18,21)(H,22,23)/t9-,10+,13+,14+/m0/s1. The number of thiazole rings is 1. The first kappa shape index (κ1) is 15.5. The van der Waals surface area contributed by atoms with Gasteiger partial charge in [-0.15, -0.1) is 11.3 Å². The van der Waals surface area contributed by atoms with Crippen LogP contribution in [0.3, 0.4) is 0 Å². The molecule has 126 valence electrons. The van der Waals surface area contributed by atoms with Crippen molar-refractivity contribution >= 4 is 29.0 Å².